The fourth-order valence-corrected chi connectivity index (χ4v) is 6.51. The van der Waals surface area contributed by atoms with Gasteiger partial charge in [-0.3, -0.25) is 0 Å². The van der Waals surface area contributed by atoms with Gasteiger partial charge in [0.2, 0.25) is 6.79 Å². The largest absolute Gasteiger partial charge is 0.454 e. The van der Waals surface area contributed by atoms with Crippen LogP contribution in [0.25, 0.3) is 0 Å². The predicted octanol–water partition coefficient (Wildman–Crippen LogP) is 4.81. The van der Waals surface area contributed by atoms with E-state index in [2.05, 4.69) is 6.07 Å². The molecule has 0 aromatic heterocycles. The Kier molecular flexibility index (Phi) is 4.18. The van der Waals surface area contributed by atoms with E-state index in [1.807, 2.05) is 41.3 Å². The van der Waals surface area contributed by atoms with Gasteiger partial charge in [0.15, 0.2) is 11.5 Å². The molecule has 4 aliphatic rings. The number of carbonyl (C=O) groups excluding carboxylic acids is 1. The molecule has 1 amide bonds. The maximum absolute atomic E-state index is 13.1. The lowest BCUT2D eigenvalue weighted by molar-refractivity contribution is -0.0146. The molecule has 2 fully saturated rings. The minimum atomic E-state index is -0.174. The number of likely N-dealkylation sites (tertiary alicyclic amines) is 1. The third-order valence-electron chi connectivity index (χ3n) is 7.75. The number of carbonyl (C=O) groups is 1. The number of hydrogen-bond donors (Lipinski definition) is 0. The van der Waals surface area contributed by atoms with Gasteiger partial charge in [0.1, 0.15) is 6.61 Å². The Morgan fingerprint density at radius 1 is 1.10 bits per heavy atom. The zero-order valence-electron chi connectivity index (χ0n) is 17.1. The van der Waals surface area contributed by atoms with Crippen molar-refractivity contribution in [2.75, 3.05) is 13.3 Å². The molecular weight excluding hydrogens is 378 g/mol. The lowest BCUT2D eigenvalue weighted by Gasteiger charge is -2.58. The van der Waals surface area contributed by atoms with E-state index in [9.17, 15) is 4.79 Å². The van der Waals surface area contributed by atoms with E-state index >= 15 is 0 Å². The van der Waals surface area contributed by atoms with E-state index in [0.29, 0.717) is 19.3 Å². The third-order valence-corrected chi connectivity index (χ3v) is 7.75. The summed E-state index contributed by atoms with van der Waals surface area (Å²) >= 11 is 0. The van der Waals surface area contributed by atoms with Gasteiger partial charge in [-0.25, -0.2) is 4.79 Å². The van der Waals surface area contributed by atoms with Gasteiger partial charge in [0.25, 0.3) is 0 Å². The molecule has 5 nitrogen and oxygen atoms in total. The Morgan fingerprint density at radius 3 is 2.90 bits per heavy atom. The number of ether oxygens (including phenoxy) is 3. The van der Waals surface area contributed by atoms with Crippen molar-refractivity contribution in [3.63, 3.8) is 0 Å². The number of rotatable bonds is 2. The van der Waals surface area contributed by atoms with Gasteiger partial charge in [-0.15, -0.1) is 0 Å². The zero-order valence-corrected chi connectivity index (χ0v) is 17.1. The molecule has 156 valence electrons. The van der Waals surface area contributed by atoms with Gasteiger partial charge >= 0.3 is 6.09 Å². The van der Waals surface area contributed by atoms with Crippen molar-refractivity contribution in [2.24, 2.45) is 5.92 Å². The van der Waals surface area contributed by atoms with Gasteiger partial charge in [0.05, 0.1) is 0 Å². The van der Waals surface area contributed by atoms with Crippen molar-refractivity contribution >= 4 is 6.09 Å². The fraction of sp³-hybridized carbons (Fsp3) is 0.480. The molecule has 0 N–H and O–H groups in total. The standard InChI is InChI=1S/C25H27NO4/c27-24(28-15-17-6-2-1-3-7-17)26-13-12-25-11-5-4-8-19(25)20(26)14-18-9-10-21-23(22(18)25)30-16-29-21/h1-3,6-7,9-10,19-20H,4-5,8,11-16H2/t19-,20+,25+/m0/s1. The highest BCUT2D eigenvalue weighted by atomic mass is 16.7. The molecule has 5 heteroatoms. The number of piperidine rings is 1. The van der Waals surface area contributed by atoms with Crippen LogP contribution < -0.4 is 9.47 Å². The maximum Gasteiger partial charge on any atom is 0.410 e. The summed E-state index contributed by atoms with van der Waals surface area (Å²) < 4.78 is 17.4. The molecule has 2 bridgehead atoms. The molecule has 1 saturated heterocycles. The van der Waals surface area contributed by atoms with Gasteiger partial charge in [0, 0.05) is 23.6 Å². The molecule has 2 aliphatic carbocycles. The molecule has 2 aromatic carbocycles. The average molecular weight is 405 g/mol. The Morgan fingerprint density at radius 2 is 2.00 bits per heavy atom. The summed E-state index contributed by atoms with van der Waals surface area (Å²) in [7, 11) is 0. The summed E-state index contributed by atoms with van der Waals surface area (Å²) in [5.74, 6) is 2.32. The Hall–Kier alpha value is -2.69. The highest BCUT2D eigenvalue weighted by Crippen LogP contribution is 2.60. The van der Waals surface area contributed by atoms with E-state index < -0.39 is 0 Å². The molecule has 3 atom stereocenters. The maximum atomic E-state index is 13.1. The summed E-state index contributed by atoms with van der Waals surface area (Å²) in [6, 6.07) is 14.4. The quantitative estimate of drug-likeness (QED) is 0.719. The summed E-state index contributed by atoms with van der Waals surface area (Å²) in [6.45, 7) is 1.39. The van der Waals surface area contributed by atoms with Crippen molar-refractivity contribution in [1.82, 2.24) is 4.90 Å². The first-order valence-electron chi connectivity index (χ1n) is 11.2. The molecule has 1 saturated carbocycles. The second-order valence-electron chi connectivity index (χ2n) is 9.10. The van der Waals surface area contributed by atoms with Crippen LogP contribution in [0, 0.1) is 5.92 Å². The van der Waals surface area contributed by atoms with E-state index in [0.717, 1.165) is 42.9 Å². The second-order valence-corrected chi connectivity index (χ2v) is 9.10. The molecule has 2 aliphatic heterocycles. The second kappa shape index (κ2) is 6.93. The SMILES string of the molecule is O=C(OCc1ccccc1)N1CC[C@]23CCCC[C@H]2[C@H]1Cc1ccc2c(c13)OCO2. The summed E-state index contributed by atoms with van der Waals surface area (Å²) in [4.78, 5) is 15.1. The Balaban J connectivity index is 1.32. The van der Waals surface area contributed by atoms with E-state index in [1.54, 1.807) is 0 Å². The van der Waals surface area contributed by atoms with Gasteiger partial charge < -0.3 is 19.1 Å². The van der Waals surface area contributed by atoms with Crippen molar-refractivity contribution in [3.05, 3.63) is 59.2 Å². The van der Waals surface area contributed by atoms with Crippen LogP contribution in [0.15, 0.2) is 42.5 Å². The van der Waals surface area contributed by atoms with Crippen molar-refractivity contribution in [3.8, 4) is 11.5 Å². The smallest absolute Gasteiger partial charge is 0.410 e. The summed E-state index contributed by atoms with van der Waals surface area (Å²) in [6.07, 6.45) is 6.49. The van der Waals surface area contributed by atoms with Gasteiger partial charge in [-0.05, 0) is 48.8 Å². The zero-order chi connectivity index (χ0) is 20.1. The first-order valence-corrected chi connectivity index (χ1v) is 11.2. The van der Waals surface area contributed by atoms with Crippen LogP contribution in [0.5, 0.6) is 11.5 Å². The lowest BCUT2D eigenvalue weighted by atomic mass is 9.52. The Labute approximate surface area is 176 Å². The van der Waals surface area contributed by atoms with E-state index in [4.69, 9.17) is 14.2 Å². The van der Waals surface area contributed by atoms with Crippen LogP contribution >= 0.6 is 0 Å². The molecule has 2 aromatic rings. The van der Waals surface area contributed by atoms with Crippen LogP contribution in [-0.2, 0) is 23.2 Å². The number of hydrogen-bond acceptors (Lipinski definition) is 4. The van der Waals surface area contributed by atoms with Crippen LogP contribution in [0.4, 0.5) is 4.79 Å². The van der Waals surface area contributed by atoms with E-state index in [-0.39, 0.29) is 17.6 Å². The van der Waals surface area contributed by atoms with Crippen LogP contribution in [0.1, 0.15) is 48.8 Å². The first-order chi connectivity index (χ1) is 14.8. The predicted molar refractivity (Wildman–Crippen MR) is 112 cm³/mol. The van der Waals surface area contributed by atoms with Crippen molar-refractivity contribution < 1.29 is 19.0 Å². The number of benzene rings is 2. The number of amides is 1. The molecule has 6 rings (SSSR count). The van der Waals surface area contributed by atoms with E-state index in [1.165, 1.54) is 30.4 Å². The van der Waals surface area contributed by atoms with Crippen LogP contribution in [0.3, 0.4) is 0 Å². The molecule has 0 spiro atoms. The number of nitrogens with zero attached hydrogens (tertiary/aromatic N) is 1. The highest BCUT2D eigenvalue weighted by Gasteiger charge is 2.56. The third kappa shape index (κ3) is 2.64. The highest BCUT2D eigenvalue weighted by molar-refractivity contribution is 5.69. The summed E-state index contributed by atoms with van der Waals surface area (Å²) in [5.41, 5.74) is 3.83. The lowest BCUT2D eigenvalue weighted by Crippen LogP contribution is -2.62. The van der Waals surface area contributed by atoms with Crippen LogP contribution in [-0.4, -0.2) is 30.4 Å². The van der Waals surface area contributed by atoms with Crippen molar-refractivity contribution in [1.29, 1.82) is 0 Å². The Bertz CT molecular complexity index is 975. The minimum Gasteiger partial charge on any atom is -0.454 e. The molecule has 0 radical (unpaired) electrons. The summed E-state index contributed by atoms with van der Waals surface area (Å²) in [5, 5.41) is 0. The average Bonchev–Trinajstić information content (AvgIpc) is 3.26. The van der Waals surface area contributed by atoms with Gasteiger partial charge in [-0.1, -0.05) is 49.2 Å². The normalized spacial score (nSPS) is 28.5. The first kappa shape index (κ1) is 18.1. The monoisotopic (exact) mass is 405 g/mol. The molecule has 30 heavy (non-hydrogen) atoms. The van der Waals surface area contributed by atoms with Crippen molar-refractivity contribution in [2.45, 2.75) is 56.6 Å². The van der Waals surface area contributed by atoms with Gasteiger partial charge in [-0.2, -0.15) is 0 Å². The topological polar surface area (TPSA) is 48.0 Å². The molecule has 0 unspecified atom stereocenters. The number of fused-ring (bicyclic) bond motifs is 3. The fourth-order valence-electron chi connectivity index (χ4n) is 6.51. The molecule has 2 heterocycles. The molecular formula is C25H27NO4. The minimum absolute atomic E-state index is 0.103. The van der Waals surface area contributed by atoms with Crippen LogP contribution in [0.2, 0.25) is 0 Å².